The minimum absolute atomic E-state index is 0.716. The summed E-state index contributed by atoms with van der Waals surface area (Å²) in [5.41, 5.74) is 19.0. The molecule has 0 atom stereocenters. The molecule has 5 aromatic carbocycles. The number of hydrogen-bond acceptors (Lipinski definition) is 2. The number of aryl methyl sites for hydroxylation is 4. The lowest BCUT2D eigenvalue weighted by Crippen LogP contribution is -1.99. The zero-order valence-corrected chi connectivity index (χ0v) is 29.2. The van der Waals surface area contributed by atoms with Gasteiger partial charge >= 0.3 is 0 Å². The van der Waals surface area contributed by atoms with Crippen LogP contribution in [0.15, 0.2) is 127 Å². The van der Waals surface area contributed by atoms with Crippen molar-refractivity contribution in [1.29, 1.82) is 0 Å². The topological polar surface area (TPSA) is 46.5 Å². The van der Waals surface area contributed by atoms with Crippen molar-refractivity contribution < 1.29 is 0 Å². The van der Waals surface area contributed by atoms with Gasteiger partial charge in [0.1, 0.15) is 0 Å². The van der Waals surface area contributed by atoms with Gasteiger partial charge in [-0.05, 0) is 81.8 Å². The van der Waals surface area contributed by atoms with Gasteiger partial charge in [-0.25, -0.2) is 9.97 Å². The summed E-state index contributed by atoms with van der Waals surface area (Å²) in [5.74, 6) is 0. The van der Waals surface area contributed by atoms with Crippen molar-refractivity contribution in [1.82, 2.24) is 19.5 Å². The fourth-order valence-corrected chi connectivity index (χ4v) is 8.04. The Kier molecular flexibility index (Phi) is 6.47. The lowest BCUT2D eigenvalue weighted by molar-refractivity contribution is 0.869. The molecule has 2 aliphatic rings. The van der Waals surface area contributed by atoms with E-state index in [4.69, 9.17) is 9.97 Å². The molecule has 0 unspecified atom stereocenters. The molecular weight excluding hydrogens is 621 g/mol. The van der Waals surface area contributed by atoms with E-state index >= 15 is 0 Å². The van der Waals surface area contributed by atoms with E-state index in [0.717, 1.165) is 67.1 Å². The largest absolute Gasteiger partial charge is 0.354 e. The fourth-order valence-electron chi connectivity index (χ4n) is 8.04. The first-order valence-electron chi connectivity index (χ1n) is 17.7. The molecule has 244 valence electrons. The van der Waals surface area contributed by atoms with Crippen LogP contribution in [-0.4, -0.2) is 19.5 Å². The van der Waals surface area contributed by atoms with Crippen molar-refractivity contribution in [3.63, 3.8) is 0 Å². The Morgan fingerprint density at radius 2 is 0.922 bits per heavy atom. The molecule has 1 N–H and O–H groups in total. The van der Waals surface area contributed by atoms with E-state index in [1.165, 1.54) is 49.4 Å². The third kappa shape index (κ3) is 4.82. The average Bonchev–Trinajstić information content (AvgIpc) is 3.82. The second-order valence-electron chi connectivity index (χ2n) is 14.3. The number of nitrogens with zero attached hydrogens (tertiary/aromatic N) is 3. The van der Waals surface area contributed by atoms with Gasteiger partial charge in [-0.1, -0.05) is 101 Å². The SMILES string of the molecule is Cc1ccc2c(c1)-c1cc3[nH]c(cc4nc(cc5c6ccc(C)cc6c(cc-2n1)n5Cc1ccccc1)-c1cc(C)ccc1-4)c1cc(C)ccc31. The van der Waals surface area contributed by atoms with E-state index < -0.39 is 0 Å². The van der Waals surface area contributed by atoms with E-state index in [9.17, 15) is 0 Å². The number of benzene rings is 5. The Bertz CT molecular complexity index is 2930. The van der Waals surface area contributed by atoms with Gasteiger partial charge in [0, 0.05) is 61.4 Å². The van der Waals surface area contributed by atoms with Crippen molar-refractivity contribution in [3.8, 4) is 45.0 Å². The predicted molar refractivity (Wildman–Crippen MR) is 213 cm³/mol. The lowest BCUT2D eigenvalue weighted by atomic mass is 10.0. The molecule has 0 radical (unpaired) electrons. The molecule has 10 rings (SSSR count). The molecule has 0 spiro atoms. The molecular formula is C47H36N4. The standard InChI is InChI=1S/C47H36N4/c1-27-10-14-32-36(18-27)42-23-41-33-15-11-29(3)20-38(33)45(49-41)25-46-35-17-13-30(4)21-39(35)47(51(46)26-31-8-6-5-7-9-31)24-44-34-16-12-28(2)19-37(34)43(50-44)22-40(32)48-42/h5-25,48H,26H2,1-4H3. The average molecular weight is 657 g/mol. The van der Waals surface area contributed by atoms with Crippen LogP contribution in [0.1, 0.15) is 27.8 Å². The quantitative estimate of drug-likeness (QED) is 0.201. The third-order valence-electron chi connectivity index (χ3n) is 10.6. The predicted octanol–water partition coefficient (Wildman–Crippen LogP) is 12.0. The summed E-state index contributed by atoms with van der Waals surface area (Å²) in [5, 5.41) is 4.77. The van der Waals surface area contributed by atoms with E-state index in [1.807, 2.05) is 0 Å². The number of H-pyrrole nitrogens is 1. The van der Waals surface area contributed by atoms with Crippen LogP contribution in [-0.2, 0) is 6.54 Å². The maximum Gasteiger partial charge on any atom is 0.0737 e. The summed E-state index contributed by atoms with van der Waals surface area (Å²) in [6, 6.07) is 46.8. The smallest absolute Gasteiger partial charge is 0.0737 e. The molecule has 4 heteroatoms. The Balaban J connectivity index is 1.44. The summed E-state index contributed by atoms with van der Waals surface area (Å²) < 4.78 is 2.47. The Morgan fingerprint density at radius 3 is 1.59 bits per heavy atom. The van der Waals surface area contributed by atoms with Crippen LogP contribution >= 0.6 is 0 Å². The third-order valence-corrected chi connectivity index (χ3v) is 10.6. The van der Waals surface area contributed by atoms with Crippen LogP contribution in [0.25, 0.3) is 88.6 Å². The van der Waals surface area contributed by atoms with E-state index in [2.05, 4.69) is 165 Å². The van der Waals surface area contributed by atoms with Gasteiger partial charge in [0.25, 0.3) is 0 Å². The van der Waals surface area contributed by atoms with Crippen molar-refractivity contribution in [2.75, 3.05) is 0 Å². The van der Waals surface area contributed by atoms with E-state index in [-0.39, 0.29) is 0 Å². The zero-order valence-electron chi connectivity index (χ0n) is 29.2. The molecule has 0 saturated carbocycles. The summed E-state index contributed by atoms with van der Waals surface area (Å²) in [6.45, 7) is 9.37. The van der Waals surface area contributed by atoms with Crippen LogP contribution in [0, 0.1) is 27.7 Å². The molecule has 0 fully saturated rings. The van der Waals surface area contributed by atoms with Crippen molar-refractivity contribution in [3.05, 3.63) is 155 Å². The molecule has 8 aromatic rings. The van der Waals surface area contributed by atoms with E-state index in [1.54, 1.807) is 0 Å². The highest BCUT2D eigenvalue weighted by Crippen LogP contribution is 2.42. The molecule has 3 aromatic heterocycles. The Morgan fingerprint density at radius 1 is 0.431 bits per heavy atom. The monoisotopic (exact) mass is 656 g/mol. The maximum atomic E-state index is 5.42. The van der Waals surface area contributed by atoms with Gasteiger partial charge in [-0.15, -0.1) is 0 Å². The van der Waals surface area contributed by atoms with Crippen LogP contribution < -0.4 is 0 Å². The molecule has 5 heterocycles. The van der Waals surface area contributed by atoms with Gasteiger partial charge in [0.15, 0.2) is 0 Å². The van der Waals surface area contributed by atoms with Gasteiger partial charge in [0.05, 0.1) is 33.8 Å². The van der Waals surface area contributed by atoms with Gasteiger partial charge in [-0.3, -0.25) is 0 Å². The number of nitrogens with one attached hydrogen (secondary N) is 1. The zero-order chi connectivity index (χ0) is 34.4. The molecule has 0 amide bonds. The Hall–Kier alpha value is -6.26. The number of rotatable bonds is 2. The number of hydrogen-bond donors (Lipinski definition) is 1. The van der Waals surface area contributed by atoms with E-state index in [0.29, 0.717) is 6.54 Å². The molecule has 0 saturated heterocycles. The summed E-state index contributed by atoms with van der Waals surface area (Å²) in [4.78, 5) is 14.6. The highest BCUT2D eigenvalue weighted by Gasteiger charge is 2.21. The summed E-state index contributed by atoms with van der Waals surface area (Å²) in [6.07, 6.45) is 0. The minimum Gasteiger partial charge on any atom is -0.354 e. The first-order chi connectivity index (χ1) is 24.9. The molecule has 2 aliphatic heterocycles. The van der Waals surface area contributed by atoms with Crippen molar-refractivity contribution in [2.45, 2.75) is 34.2 Å². The second kappa shape index (κ2) is 11.1. The highest BCUT2D eigenvalue weighted by molar-refractivity contribution is 6.11. The van der Waals surface area contributed by atoms with Gasteiger partial charge < -0.3 is 9.55 Å². The van der Waals surface area contributed by atoms with Gasteiger partial charge in [0.2, 0.25) is 0 Å². The number of aromatic amines is 1. The lowest BCUT2D eigenvalue weighted by Gasteiger charge is -2.08. The van der Waals surface area contributed by atoms with Crippen molar-refractivity contribution >= 4 is 43.6 Å². The summed E-state index contributed by atoms with van der Waals surface area (Å²) in [7, 11) is 0. The summed E-state index contributed by atoms with van der Waals surface area (Å²) >= 11 is 0. The molecule has 51 heavy (non-hydrogen) atoms. The Labute approximate surface area is 296 Å². The fraction of sp³-hybridized carbons (Fsp3) is 0.106. The maximum absolute atomic E-state index is 5.42. The minimum atomic E-state index is 0.716. The molecule has 0 aliphatic carbocycles. The number of fused-ring (bicyclic) bond motifs is 20. The molecule has 8 bridgehead atoms. The van der Waals surface area contributed by atoms with Gasteiger partial charge in [-0.2, -0.15) is 0 Å². The molecule has 4 nitrogen and oxygen atoms in total. The van der Waals surface area contributed by atoms with Crippen LogP contribution in [0.3, 0.4) is 0 Å². The number of aromatic nitrogens is 4. The normalized spacial score (nSPS) is 12.0. The van der Waals surface area contributed by atoms with Crippen molar-refractivity contribution in [2.24, 2.45) is 0 Å². The second-order valence-corrected chi connectivity index (χ2v) is 14.3. The van der Waals surface area contributed by atoms with Crippen LogP contribution in [0.4, 0.5) is 0 Å². The first-order valence-corrected chi connectivity index (χ1v) is 17.7. The van der Waals surface area contributed by atoms with Crippen LogP contribution in [0.2, 0.25) is 0 Å². The first kappa shape index (κ1) is 29.6. The van der Waals surface area contributed by atoms with Crippen LogP contribution in [0.5, 0.6) is 0 Å². The highest BCUT2D eigenvalue weighted by atomic mass is 15.0.